The Kier molecular flexibility index (Phi) is 5.47. The molecule has 0 bridgehead atoms. The number of aromatic nitrogens is 1. The van der Waals surface area contributed by atoms with Gasteiger partial charge in [-0.2, -0.15) is 0 Å². The first-order valence-corrected chi connectivity index (χ1v) is 11.4. The number of aryl methyl sites for hydroxylation is 1. The van der Waals surface area contributed by atoms with Gasteiger partial charge >= 0.3 is 0 Å². The van der Waals surface area contributed by atoms with Crippen LogP contribution in [0.2, 0.25) is 0 Å². The number of fused-ring (bicyclic) bond motifs is 1. The SMILES string of the molecule is CN(C(=O)c1ccc(OCC2CC2)cn1)C1CCc2cc(C3CCCN3)ccc2C1. The van der Waals surface area contributed by atoms with Crippen LogP contribution in [0.4, 0.5) is 0 Å². The Bertz CT molecular complexity index is 901. The van der Waals surface area contributed by atoms with E-state index < -0.39 is 0 Å². The van der Waals surface area contributed by atoms with Crippen LogP contribution < -0.4 is 10.1 Å². The number of hydrogen-bond acceptors (Lipinski definition) is 4. The third-order valence-electron chi connectivity index (χ3n) is 6.90. The molecule has 1 aromatic heterocycles. The highest BCUT2D eigenvalue weighted by Gasteiger charge is 2.27. The molecule has 0 radical (unpaired) electrons. The Labute approximate surface area is 178 Å². The topological polar surface area (TPSA) is 54.5 Å². The maximum Gasteiger partial charge on any atom is 0.272 e. The van der Waals surface area contributed by atoms with E-state index in [4.69, 9.17) is 4.74 Å². The van der Waals surface area contributed by atoms with Gasteiger partial charge in [0.1, 0.15) is 11.4 Å². The maximum absolute atomic E-state index is 13.0. The standard InChI is InChI=1S/C25H31N3O2/c1-28(25(29)24-11-10-22(15-27-24)30-16-17-4-5-17)21-9-8-18-13-20(7-6-19(18)14-21)23-3-2-12-26-23/h6-7,10-11,13,15,17,21,23,26H,2-5,8-9,12,14,16H2,1H3. The fraction of sp³-hybridized carbons (Fsp3) is 0.520. The summed E-state index contributed by atoms with van der Waals surface area (Å²) in [6.45, 7) is 1.88. The third-order valence-corrected chi connectivity index (χ3v) is 6.90. The summed E-state index contributed by atoms with van der Waals surface area (Å²) < 4.78 is 5.74. The molecule has 1 aromatic carbocycles. The first-order valence-electron chi connectivity index (χ1n) is 11.4. The number of benzene rings is 1. The van der Waals surface area contributed by atoms with Crippen molar-refractivity contribution < 1.29 is 9.53 Å². The number of rotatable bonds is 6. The lowest BCUT2D eigenvalue weighted by Gasteiger charge is -2.33. The lowest BCUT2D eigenvalue weighted by atomic mass is 9.85. The number of ether oxygens (including phenoxy) is 1. The number of nitrogens with one attached hydrogen (secondary N) is 1. The largest absolute Gasteiger partial charge is 0.492 e. The van der Waals surface area contributed by atoms with Crippen molar-refractivity contribution in [1.82, 2.24) is 15.2 Å². The normalized spacial score (nSPS) is 23.1. The van der Waals surface area contributed by atoms with Crippen molar-refractivity contribution in [2.75, 3.05) is 20.2 Å². The van der Waals surface area contributed by atoms with Crippen LogP contribution in [-0.2, 0) is 12.8 Å². The number of nitrogens with zero attached hydrogens (tertiary/aromatic N) is 2. The van der Waals surface area contributed by atoms with E-state index in [1.165, 1.54) is 42.4 Å². The van der Waals surface area contributed by atoms with Gasteiger partial charge in [-0.25, -0.2) is 4.98 Å². The van der Waals surface area contributed by atoms with E-state index in [9.17, 15) is 4.79 Å². The van der Waals surface area contributed by atoms with Gasteiger partial charge in [-0.05, 0) is 86.2 Å². The van der Waals surface area contributed by atoms with Crippen LogP contribution in [0.15, 0.2) is 36.5 Å². The van der Waals surface area contributed by atoms with E-state index in [1.54, 1.807) is 12.3 Å². The number of carbonyl (C=O) groups excluding carboxylic acids is 1. The second-order valence-electron chi connectivity index (χ2n) is 9.12. The van der Waals surface area contributed by atoms with Crippen LogP contribution in [0.5, 0.6) is 5.75 Å². The molecule has 5 nitrogen and oxygen atoms in total. The van der Waals surface area contributed by atoms with Crippen LogP contribution >= 0.6 is 0 Å². The highest BCUT2D eigenvalue weighted by Crippen LogP contribution is 2.31. The molecule has 5 heteroatoms. The molecule has 3 aliphatic rings. The van der Waals surface area contributed by atoms with Crippen molar-refractivity contribution in [2.45, 2.75) is 57.0 Å². The molecule has 2 heterocycles. The van der Waals surface area contributed by atoms with Crippen molar-refractivity contribution in [1.29, 1.82) is 0 Å². The highest BCUT2D eigenvalue weighted by molar-refractivity contribution is 5.92. The number of carbonyl (C=O) groups is 1. The Morgan fingerprint density at radius 2 is 2.07 bits per heavy atom. The molecule has 158 valence electrons. The summed E-state index contributed by atoms with van der Waals surface area (Å²) in [5.74, 6) is 1.45. The molecular formula is C25H31N3O2. The quantitative estimate of drug-likeness (QED) is 0.791. The fourth-order valence-corrected chi connectivity index (χ4v) is 4.71. The predicted octanol–water partition coefficient (Wildman–Crippen LogP) is 3.92. The highest BCUT2D eigenvalue weighted by atomic mass is 16.5. The summed E-state index contributed by atoms with van der Waals surface area (Å²) in [6, 6.07) is 11.3. The molecule has 5 rings (SSSR count). The molecule has 2 atom stereocenters. The molecule has 0 spiro atoms. The molecule has 1 amide bonds. The number of likely N-dealkylation sites (N-methyl/N-ethyl adjacent to an activating group) is 1. The summed E-state index contributed by atoms with van der Waals surface area (Å²) in [5, 5.41) is 3.59. The van der Waals surface area contributed by atoms with E-state index in [2.05, 4.69) is 28.5 Å². The Morgan fingerprint density at radius 3 is 2.80 bits per heavy atom. The van der Waals surface area contributed by atoms with E-state index in [0.29, 0.717) is 17.7 Å². The minimum atomic E-state index is -0.0102. The second kappa shape index (κ2) is 8.38. The third kappa shape index (κ3) is 4.22. The predicted molar refractivity (Wildman–Crippen MR) is 117 cm³/mol. The molecular weight excluding hydrogens is 374 g/mol. The summed E-state index contributed by atoms with van der Waals surface area (Å²) in [7, 11) is 1.91. The zero-order chi connectivity index (χ0) is 20.5. The average molecular weight is 406 g/mol. The number of hydrogen-bond donors (Lipinski definition) is 1. The Balaban J connectivity index is 1.22. The van der Waals surface area contributed by atoms with Crippen molar-refractivity contribution in [2.24, 2.45) is 5.92 Å². The second-order valence-corrected chi connectivity index (χ2v) is 9.12. The molecule has 1 aliphatic heterocycles. The summed E-state index contributed by atoms with van der Waals surface area (Å²) in [4.78, 5) is 19.2. The summed E-state index contributed by atoms with van der Waals surface area (Å²) in [5.41, 5.74) is 4.74. The van der Waals surface area contributed by atoms with Crippen LogP contribution in [-0.4, -0.2) is 42.0 Å². The van der Waals surface area contributed by atoms with Gasteiger partial charge in [-0.15, -0.1) is 0 Å². The Morgan fingerprint density at radius 1 is 1.17 bits per heavy atom. The van der Waals surface area contributed by atoms with Gasteiger partial charge in [0.15, 0.2) is 0 Å². The molecule has 2 fully saturated rings. The van der Waals surface area contributed by atoms with Gasteiger partial charge in [0.2, 0.25) is 0 Å². The molecule has 2 unspecified atom stereocenters. The molecule has 1 saturated heterocycles. The Hall–Kier alpha value is -2.40. The zero-order valence-electron chi connectivity index (χ0n) is 17.8. The first-order chi connectivity index (χ1) is 14.7. The molecule has 1 saturated carbocycles. The van der Waals surface area contributed by atoms with Gasteiger partial charge in [0.05, 0.1) is 12.8 Å². The number of amides is 1. The van der Waals surface area contributed by atoms with Gasteiger partial charge in [-0.3, -0.25) is 4.79 Å². The number of pyridine rings is 1. The fourth-order valence-electron chi connectivity index (χ4n) is 4.71. The molecule has 30 heavy (non-hydrogen) atoms. The summed E-state index contributed by atoms with van der Waals surface area (Å²) >= 11 is 0. The van der Waals surface area contributed by atoms with Crippen LogP contribution in [0.3, 0.4) is 0 Å². The zero-order valence-corrected chi connectivity index (χ0v) is 17.8. The van der Waals surface area contributed by atoms with Crippen LogP contribution in [0.1, 0.15) is 65.3 Å². The lowest BCUT2D eigenvalue weighted by Crippen LogP contribution is -2.41. The summed E-state index contributed by atoms with van der Waals surface area (Å²) in [6.07, 6.45) is 9.64. The van der Waals surface area contributed by atoms with Gasteiger partial charge in [0.25, 0.3) is 5.91 Å². The van der Waals surface area contributed by atoms with E-state index >= 15 is 0 Å². The average Bonchev–Trinajstić information content (AvgIpc) is 3.46. The smallest absolute Gasteiger partial charge is 0.272 e. The van der Waals surface area contributed by atoms with Gasteiger partial charge < -0.3 is 15.0 Å². The minimum Gasteiger partial charge on any atom is -0.492 e. The van der Waals surface area contributed by atoms with Gasteiger partial charge in [-0.1, -0.05) is 18.2 Å². The maximum atomic E-state index is 13.0. The van der Waals surface area contributed by atoms with Gasteiger partial charge in [0, 0.05) is 19.1 Å². The minimum absolute atomic E-state index is 0.0102. The molecule has 2 aromatic rings. The molecule has 2 aliphatic carbocycles. The first kappa shape index (κ1) is 19.6. The van der Waals surface area contributed by atoms with Crippen molar-refractivity contribution in [3.05, 3.63) is 58.9 Å². The van der Waals surface area contributed by atoms with Crippen molar-refractivity contribution in [3.8, 4) is 5.75 Å². The van der Waals surface area contributed by atoms with Crippen molar-refractivity contribution in [3.63, 3.8) is 0 Å². The molecule has 1 N–H and O–H groups in total. The van der Waals surface area contributed by atoms with Crippen LogP contribution in [0.25, 0.3) is 0 Å². The van der Waals surface area contributed by atoms with E-state index in [-0.39, 0.29) is 11.9 Å². The van der Waals surface area contributed by atoms with E-state index in [1.807, 2.05) is 18.0 Å². The monoisotopic (exact) mass is 405 g/mol. The van der Waals surface area contributed by atoms with E-state index in [0.717, 1.165) is 38.2 Å². The van der Waals surface area contributed by atoms with Crippen LogP contribution in [0, 0.1) is 5.92 Å². The lowest BCUT2D eigenvalue weighted by molar-refractivity contribution is 0.0713. The van der Waals surface area contributed by atoms with Crippen molar-refractivity contribution >= 4 is 5.91 Å².